The Bertz CT molecular complexity index is 681. The van der Waals surface area contributed by atoms with Gasteiger partial charge in [-0.3, -0.25) is 9.59 Å². The average Bonchev–Trinajstić information content (AvgIpc) is 2.85. The molecule has 0 fully saturated rings. The molecule has 0 saturated heterocycles. The zero-order valence-electron chi connectivity index (χ0n) is 10.00. The molecule has 0 bridgehead atoms. The van der Waals surface area contributed by atoms with E-state index >= 15 is 0 Å². The molecule has 6 heteroatoms. The van der Waals surface area contributed by atoms with E-state index in [1.165, 1.54) is 22.0 Å². The Kier molecular flexibility index (Phi) is 4.11. The molecule has 0 saturated carbocycles. The summed E-state index contributed by atoms with van der Waals surface area (Å²) in [5.41, 5.74) is 0.319. The predicted octanol–water partition coefficient (Wildman–Crippen LogP) is 1.81. The number of hydrogen-bond donors (Lipinski definition) is 1. The number of thiophene rings is 1. The minimum absolute atomic E-state index is 0.135. The van der Waals surface area contributed by atoms with Crippen molar-refractivity contribution in [2.45, 2.75) is 13.0 Å². The molecule has 0 radical (unpaired) electrons. The number of anilines is 1. The van der Waals surface area contributed by atoms with Crippen LogP contribution in [-0.4, -0.2) is 10.5 Å². The first kappa shape index (κ1) is 13.1. The zero-order chi connectivity index (χ0) is 13.7. The molecule has 0 spiro atoms. The van der Waals surface area contributed by atoms with E-state index in [1.807, 2.05) is 6.07 Å². The van der Waals surface area contributed by atoms with Gasteiger partial charge in [0.15, 0.2) is 0 Å². The number of rotatable bonds is 4. The maximum Gasteiger partial charge on any atom is 0.250 e. The number of nitriles is 1. The molecule has 2 heterocycles. The largest absolute Gasteiger partial charge is 0.317 e. The van der Waals surface area contributed by atoms with Crippen molar-refractivity contribution in [2.75, 3.05) is 5.32 Å². The molecule has 2 aromatic rings. The highest BCUT2D eigenvalue weighted by molar-refractivity contribution is 7.14. The molecule has 2 aromatic heterocycles. The van der Waals surface area contributed by atoms with Gasteiger partial charge < -0.3 is 9.88 Å². The lowest BCUT2D eigenvalue weighted by Gasteiger charge is -2.05. The van der Waals surface area contributed by atoms with Crippen molar-refractivity contribution in [3.63, 3.8) is 0 Å². The number of aryl methyl sites for hydroxylation is 1. The van der Waals surface area contributed by atoms with Crippen LogP contribution in [0, 0.1) is 11.3 Å². The van der Waals surface area contributed by atoms with Gasteiger partial charge in [0.2, 0.25) is 5.91 Å². The summed E-state index contributed by atoms with van der Waals surface area (Å²) in [6, 6.07) is 8.51. The van der Waals surface area contributed by atoms with Crippen molar-refractivity contribution in [3.8, 4) is 6.07 Å². The van der Waals surface area contributed by atoms with E-state index in [4.69, 9.17) is 5.26 Å². The van der Waals surface area contributed by atoms with E-state index in [9.17, 15) is 9.59 Å². The molecule has 1 N–H and O–H groups in total. The number of nitrogens with one attached hydrogen (secondary N) is 1. The lowest BCUT2D eigenvalue weighted by atomic mass is 10.3. The molecular formula is C13H11N3O2S. The third-order valence-corrected chi connectivity index (χ3v) is 3.35. The maximum atomic E-state index is 11.7. The first-order chi connectivity index (χ1) is 9.20. The van der Waals surface area contributed by atoms with Crippen LogP contribution in [0.1, 0.15) is 12.0 Å². The van der Waals surface area contributed by atoms with Gasteiger partial charge in [-0.15, -0.1) is 11.3 Å². The van der Waals surface area contributed by atoms with Crippen molar-refractivity contribution < 1.29 is 4.79 Å². The van der Waals surface area contributed by atoms with Crippen LogP contribution < -0.4 is 10.9 Å². The number of pyridine rings is 1. The first-order valence-electron chi connectivity index (χ1n) is 5.63. The number of carbonyl (C=O) groups excluding carboxylic acids is 1. The lowest BCUT2D eigenvalue weighted by molar-refractivity contribution is -0.116. The monoisotopic (exact) mass is 273 g/mol. The lowest BCUT2D eigenvalue weighted by Crippen LogP contribution is -2.21. The normalized spacial score (nSPS) is 9.84. The molecule has 0 aliphatic carbocycles. The molecule has 5 nitrogen and oxygen atoms in total. The molecule has 0 aliphatic heterocycles. The Hall–Kier alpha value is -2.39. The Morgan fingerprint density at radius 1 is 1.42 bits per heavy atom. The van der Waals surface area contributed by atoms with Crippen LogP contribution in [0.5, 0.6) is 0 Å². The summed E-state index contributed by atoms with van der Waals surface area (Å²) in [5.74, 6) is -0.213. The fraction of sp³-hybridized carbons (Fsp3) is 0.154. The minimum Gasteiger partial charge on any atom is -0.317 e. The minimum atomic E-state index is -0.213. The van der Waals surface area contributed by atoms with Crippen molar-refractivity contribution >= 4 is 22.2 Å². The number of hydrogen-bond acceptors (Lipinski definition) is 4. The quantitative estimate of drug-likeness (QED) is 0.923. The van der Waals surface area contributed by atoms with Crippen LogP contribution in [0.4, 0.5) is 5.00 Å². The Labute approximate surface area is 113 Å². The highest BCUT2D eigenvalue weighted by Gasteiger charge is 2.08. The topological polar surface area (TPSA) is 74.9 Å². The van der Waals surface area contributed by atoms with Crippen molar-refractivity contribution in [3.05, 3.63) is 51.8 Å². The maximum absolute atomic E-state index is 11.7. The van der Waals surface area contributed by atoms with E-state index in [-0.39, 0.29) is 17.9 Å². The molecular weight excluding hydrogens is 262 g/mol. The van der Waals surface area contributed by atoms with E-state index in [1.54, 1.807) is 29.8 Å². The smallest absolute Gasteiger partial charge is 0.250 e. The fourth-order valence-corrected chi connectivity index (χ4v) is 2.30. The number of carbonyl (C=O) groups is 1. The third-order valence-electron chi connectivity index (χ3n) is 2.52. The molecule has 0 atom stereocenters. The van der Waals surface area contributed by atoms with Crippen LogP contribution in [0.3, 0.4) is 0 Å². The second-order valence-electron chi connectivity index (χ2n) is 3.81. The summed E-state index contributed by atoms with van der Waals surface area (Å²) in [5, 5.41) is 13.8. The van der Waals surface area contributed by atoms with Crippen molar-refractivity contribution in [1.82, 2.24) is 4.57 Å². The second-order valence-corrected chi connectivity index (χ2v) is 4.72. The fourth-order valence-electron chi connectivity index (χ4n) is 1.55. The van der Waals surface area contributed by atoms with E-state index in [0.29, 0.717) is 17.1 Å². The van der Waals surface area contributed by atoms with E-state index < -0.39 is 0 Å². The highest BCUT2D eigenvalue weighted by Crippen LogP contribution is 2.22. The van der Waals surface area contributed by atoms with E-state index in [2.05, 4.69) is 5.32 Å². The van der Waals surface area contributed by atoms with Gasteiger partial charge >= 0.3 is 0 Å². The third kappa shape index (κ3) is 3.30. The Balaban J connectivity index is 1.95. The van der Waals surface area contributed by atoms with Crippen LogP contribution in [0.25, 0.3) is 0 Å². The molecule has 19 heavy (non-hydrogen) atoms. The van der Waals surface area contributed by atoms with Gasteiger partial charge in [0.1, 0.15) is 11.1 Å². The van der Waals surface area contributed by atoms with Gasteiger partial charge in [0, 0.05) is 25.2 Å². The molecule has 1 amide bonds. The molecule has 2 rings (SSSR count). The summed E-state index contributed by atoms with van der Waals surface area (Å²) in [4.78, 5) is 23.2. The van der Waals surface area contributed by atoms with Crippen LogP contribution >= 0.6 is 11.3 Å². The van der Waals surface area contributed by atoms with Crippen LogP contribution in [0.15, 0.2) is 40.6 Å². The van der Waals surface area contributed by atoms with Gasteiger partial charge in [-0.25, -0.2) is 0 Å². The van der Waals surface area contributed by atoms with E-state index in [0.717, 1.165) is 0 Å². The van der Waals surface area contributed by atoms with Crippen molar-refractivity contribution in [2.24, 2.45) is 0 Å². The average molecular weight is 273 g/mol. The summed E-state index contributed by atoms with van der Waals surface area (Å²) >= 11 is 1.30. The Morgan fingerprint density at radius 3 is 3.00 bits per heavy atom. The van der Waals surface area contributed by atoms with Crippen LogP contribution in [0.2, 0.25) is 0 Å². The van der Waals surface area contributed by atoms with Gasteiger partial charge in [0.25, 0.3) is 5.56 Å². The Morgan fingerprint density at radius 2 is 2.26 bits per heavy atom. The molecule has 0 aromatic carbocycles. The molecule has 96 valence electrons. The molecule has 0 aliphatic rings. The van der Waals surface area contributed by atoms with Crippen molar-refractivity contribution in [1.29, 1.82) is 5.26 Å². The standard InChI is InChI=1S/C13H11N3O2S/c14-9-10-5-8-19-13(10)15-11(17)4-7-16-6-2-1-3-12(16)18/h1-3,5-6,8H,4,7H2,(H,15,17). The number of amides is 1. The zero-order valence-corrected chi connectivity index (χ0v) is 10.8. The molecule has 0 unspecified atom stereocenters. The van der Waals surface area contributed by atoms with Gasteiger partial charge in [0.05, 0.1) is 5.56 Å². The summed E-state index contributed by atoms with van der Waals surface area (Å²) < 4.78 is 1.47. The predicted molar refractivity (Wildman–Crippen MR) is 73.0 cm³/mol. The SMILES string of the molecule is N#Cc1ccsc1NC(=O)CCn1ccccc1=O. The first-order valence-corrected chi connectivity index (χ1v) is 6.51. The van der Waals surface area contributed by atoms with Gasteiger partial charge in [-0.05, 0) is 17.5 Å². The highest BCUT2D eigenvalue weighted by atomic mass is 32.1. The summed E-state index contributed by atoms with van der Waals surface area (Å²) in [6.45, 7) is 0.318. The summed E-state index contributed by atoms with van der Waals surface area (Å²) in [6.07, 6.45) is 1.83. The number of nitrogens with zero attached hydrogens (tertiary/aromatic N) is 2. The second kappa shape index (κ2) is 5.98. The van der Waals surface area contributed by atoms with Crippen LogP contribution in [-0.2, 0) is 11.3 Å². The van der Waals surface area contributed by atoms with Gasteiger partial charge in [-0.1, -0.05) is 6.07 Å². The number of aromatic nitrogens is 1. The summed E-state index contributed by atoms with van der Waals surface area (Å²) in [7, 11) is 0. The van der Waals surface area contributed by atoms with Gasteiger partial charge in [-0.2, -0.15) is 5.26 Å².